The van der Waals surface area contributed by atoms with Crippen LogP contribution in [0.3, 0.4) is 0 Å². The highest BCUT2D eigenvalue weighted by Gasteiger charge is 2.12. The zero-order valence-electron chi connectivity index (χ0n) is 13.7. The molecule has 0 atom stereocenters. The van der Waals surface area contributed by atoms with Gasteiger partial charge in [-0.25, -0.2) is 0 Å². The molecule has 0 bridgehead atoms. The van der Waals surface area contributed by atoms with Crippen molar-refractivity contribution in [2.75, 3.05) is 12.4 Å². The van der Waals surface area contributed by atoms with Crippen LogP contribution < -0.4 is 14.8 Å². The minimum atomic E-state index is -3.00. The van der Waals surface area contributed by atoms with Crippen molar-refractivity contribution in [2.24, 2.45) is 7.05 Å². The molecule has 2 aromatic rings. The summed E-state index contributed by atoms with van der Waals surface area (Å²) >= 11 is 6.08. The van der Waals surface area contributed by atoms with Gasteiger partial charge in [0.1, 0.15) is 5.15 Å². The van der Waals surface area contributed by atoms with Gasteiger partial charge in [0.15, 0.2) is 11.5 Å². The standard InChI is InChI=1S/C16H16ClF2N3O3/c1-9-11(15(17)22(2)21-9)5-7-14(23)20-10-4-6-12(24-3)13(8-10)25-16(18)19/h4-8,16H,1-3H3,(H,20,23)/b7-5+. The molecule has 0 saturated heterocycles. The smallest absolute Gasteiger partial charge is 0.387 e. The van der Waals surface area contributed by atoms with Crippen LogP contribution in [0.1, 0.15) is 11.3 Å². The lowest BCUT2D eigenvalue weighted by molar-refractivity contribution is -0.111. The number of alkyl halides is 2. The first-order valence-electron chi connectivity index (χ1n) is 7.12. The highest BCUT2D eigenvalue weighted by atomic mass is 35.5. The molecule has 0 spiro atoms. The van der Waals surface area contributed by atoms with Crippen LogP contribution in [-0.2, 0) is 11.8 Å². The van der Waals surface area contributed by atoms with E-state index in [0.29, 0.717) is 16.4 Å². The van der Waals surface area contributed by atoms with Gasteiger partial charge < -0.3 is 14.8 Å². The van der Waals surface area contributed by atoms with E-state index in [1.165, 1.54) is 42.1 Å². The van der Waals surface area contributed by atoms with Gasteiger partial charge in [0, 0.05) is 30.4 Å². The van der Waals surface area contributed by atoms with Crippen molar-refractivity contribution >= 4 is 29.3 Å². The summed E-state index contributed by atoms with van der Waals surface area (Å²) in [5.41, 5.74) is 1.57. The third kappa shape index (κ3) is 4.69. The van der Waals surface area contributed by atoms with Gasteiger partial charge in [0.2, 0.25) is 5.91 Å². The molecule has 6 nitrogen and oxygen atoms in total. The maximum Gasteiger partial charge on any atom is 0.387 e. The Hall–Kier alpha value is -2.61. The second-order valence-corrected chi connectivity index (χ2v) is 5.34. The number of aromatic nitrogens is 2. The predicted octanol–water partition coefficient (Wildman–Crippen LogP) is 3.64. The third-order valence-electron chi connectivity index (χ3n) is 3.24. The predicted molar refractivity (Wildman–Crippen MR) is 90.2 cm³/mol. The number of benzene rings is 1. The normalized spacial score (nSPS) is 11.2. The van der Waals surface area contributed by atoms with Crippen molar-refractivity contribution in [1.29, 1.82) is 0 Å². The van der Waals surface area contributed by atoms with Crippen molar-refractivity contribution in [3.8, 4) is 11.5 Å². The van der Waals surface area contributed by atoms with Crippen LogP contribution in [0.4, 0.5) is 14.5 Å². The first-order chi connectivity index (χ1) is 11.8. The number of nitrogens with zero attached hydrogens (tertiary/aromatic N) is 2. The Morgan fingerprint density at radius 1 is 1.40 bits per heavy atom. The van der Waals surface area contributed by atoms with Crippen molar-refractivity contribution in [3.05, 3.63) is 40.7 Å². The van der Waals surface area contributed by atoms with Gasteiger partial charge in [-0.1, -0.05) is 11.6 Å². The Bertz CT molecular complexity index is 806. The first-order valence-corrected chi connectivity index (χ1v) is 7.50. The largest absolute Gasteiger partial charge is 0.493 e. The average Bonchev–Trinajstić information content (AvgIpc) is 2.78. The number of carbonyl (C=O) groups excluding carboxylic acids is 1. The summed E-state index contributed by atoms with van der Waals surface area (Å²) in [4.78, 5) is 12.0. The molecular formula is C16H16ClF2N3O3. The lowest BCUT2D eigenvalue weighted by atomic mass is 10.2. The molecule has 134 valence electrons. The number of ether oxygens (including phenoxy) is 2. The van der Waals surface area contributed by atoms with E-state index in [1.807, 2.05) is 0 Å². The Kier molecular flexibility index (Phi) is 5.97. The van der Waals surface area contributed by atoms with Gasteiger partial charge in [-0.05, 0) is 25.1 Å². The van der Waals surface area contributed by atoms with Gasteiger partial charge in [0.05, 0.1) is 12.8 Å². The van der Waals surface area contributed by atoms with Crippen LogP contribution in [0.25, 0.3) is 6.08 Å². The lowest BCUT2D eigenvalue weighted by Gasteiger charge is -2.11. The lowest BCUT2D eigenvalue weighted by Crippen LogP contribution is -2.09. The van der Waals surface area contributed by atoms with Crippen molar-refractivity contribution < 1.29 is 23.0 Å². The first kappa shape index (κ1) is 18.7. The SMILES string of the molecule is COc1ccc(NC(=O)/C=C/c2c(C)nn(C)c2Cl)cc1OC(F)F. The fraction of sp³-hybridized carbons (Fsp3) is 0.250. The second kappa shape index (κ2) is 7.98. The van der Waals surface area contributed by atoms with E-state index in [0.717, 1.165) is 0 Å². The molecule has 1 N–H and O–H groups in total. The molecule has 0 aliphatic carbocycles. The van der Waals surface area contributed by atoms with Crippen LogP contribution in [0.2, 0.25) is 5.15 Å². The summed E-state index contributed by atoms with van der Waals surface area (Å²) in [5.74, 6) is -0.510. The quantitative estimate of drug-likeness (QED) is 0.787. The summed E-state index contributed by atoms with van der Waals surface area (Å²) in [6, 6.07) is 4.17. The minimum absolute atomic E-state index is 0.131. The van der Waals surface area contributed by atoms with Gasteiger partial charge in [0.25, 0.3) is 0 Å². The maximum atomic E-state index is 12.4. The van der Waals surface area contributed by atoms with Gasteiger partial charge in [-0.3, -0.25) is 9.48 Å². The minimum Gasteiger partial charge on any atom is -0.493 e. The summed E-state index contributed by atoms with van der Waals surface area (Å²) in [7, 11) is 3.02. The Balaban J connectivity index is 2.13. The molecule has 1 heterocycles. The molecule has 1 aromatic carbocycles. The van der Waals surface area contributed by atoms with E-state index in [4.69, 9.17) is 16.3 Å². The monoisotopic (exact) mass is 371 g/mol. The number of amides is 1. The molecule has 0 radical (unpaired) electrons. The van der Waals surface area contributed by atoms with E-state index in [9.17, 15) is 13.6 Å². The summed E-state index contributed by atoms with van der Waals surface area (Å²) in [5, 5.41) is 7.08. The van der Waals surface area contributed by atoms with Crippen LogP contribution in [-0.4, -0.2) is 29.4 Å². The zero-order valence-corrected chi connectivity index (χ0v) is 14.5. The Labute approximate surface area is 148 Å². The average molecular weight is 372 g/mol. The van der Waals surface area contributed by atoms with Crippen LogP contribution in [0, 0.1) is 6.92 Å². The Morgan fingerprint density at radius 2 is 2.12 bits per heavy atom. The third-order valence-corrected chi connectivity index (χ3v) is 3.69. The number of nitrogens with one attached hydrogen (secondary N) is 1. The van der Waals surface area contributed by atoms with E-state index in [2.05, 4.69) is 15.2 Å². The van der Waals surface area contributed by atoms with E-state index in [1.54, 1.807) is 14.0 Å². The van der Waals surface area contributed by atoms with Crippen LogP contribution >= 0.6 is 11.6 Å². The summed E-state index contributed by atoms with van der Waals surface area (Å²) in [6.45, 7) is -1.24. The molecule has 25 heavy (non-hydrogen) atoms. The van der Waals surface area contributed by atoms with Gasteiger partial charge >= 0.3 is 6.61 Å². The van der Waals surface area contributed by atoms with Crippen molar-refractivity contribution in [3.63, 3.8) is 0 Å². The zero-order chi connectivity index (χ0) is 18.6. The number of anilines is 1. The molecule has 0 fully saturated rings. The van der Waals surface area contributed by atoms with Crippen molar-refractivity contribution in [1.82, 2.24) is 9.78 Å². The molecular weight excluding hydrogens is 356 g/mol. The molecule has 0 aliphatic rings. The highest BCUT2D eigenvalue weighted by Crippen LogP contribution is 2.31. The van der Waals surface area contributed by atoms with E-state index >= 15 is 0 Å². The number of hydrogen-bond acceptors (Lipinski definition) is 4. The number of aryl methyl sites for hydroxylation is 2. The fourth-order valence-corrected chi connectivity index (χ4v) is 2.36. The summed E-state index contributed by atoms with van der Waals surface area (Å²) < 4.78 is 35.6. The number of hydrogen-bond donors (Lipinski definition) is 1. The van der Waals surface area contributed by atoms with E-state index in [-0.39, 0.29) is 17.2 Å². The fourth-order valence-electron chi connectivity index (χ4n) is 2.12. The van der Waals surface area contributed by atoms with Gasteiger partial charge in [-0.15, -0.1) is 0 Å². The topological polar surface area (TPSA) is 65.4 Å². The maximum absolute atomic E-state index is 12.4. The highest BCUT2D eigenvalue weighted by molar-refractivity contribution is 6.31. The van der Waals surface area contributed by atoms with Gasteiger partial charge in [-0.2, -0.15) is 13.9 Å². The number of carbonyl (C=O) groups is 1. The van der Waals surface area contributed by atoms with Crippen LogP contribution in [0.15, 0.2) is 24.3 Å². The van der Waals surface area contributed by atoms with Crippen molar-refractivity contribution in [2.45, 2.75) is 13.5 Å². The molecule has 1 aromatic heterocycles. The summed E-state index contributed by atoms with van der Waals surface area (Å²) in [6.07, 6.45) is 2.80. The number of methoxy groups -OCH3 is 1. The Morgan fingerprint density at radius 3 is 2.68 bits per heavy atom. The molecule has 0 unspecified atom stereocenters. The number of halogens is 3. The molecule has 0 aliphatic heterocycles. The molecule has 1 amide bonds. The van der Waals surface area contributed by atoms with Crippen LogP contribution in [0.5, 0.6) is 11.5 Å². The number of rotatable bonds is 6. The molecule has 9 heteroatoms. The molecule has 2 rings (SSSR count). The molecule has 0 saturated carbocycles. The van der Waals surface area contributed by atoms with E-state index < -0.39 is 12.5 Å². The second-order valence-electron chi connectivity index (χ2n) is 4.98.